The van der Waals surface area contributed by atoms with Gasteiger partial charge in [-0.3, -0.25) is 0 Å². The molecule has 0 aliphatic heterocycles. The highest BCUT2D eigenvalue weighted by Gasteiger charge is 2.27. The van der Waals surface area contributed by atoms with Crippen LogP contribution >= 0.6 is 0 Å². The number of nitrogens with zero attached hydrogens (tertiary/aromatic N) is 2. The number of nitriles is 1. The number of aromatic nitrogens is 1. The van der Waals surface area contributed by atoms with E-state index >= 15 is 0 Å². The van der Waals surface area contributed by atoms with Crippen molar-refractivity contribution in [2.24, 2.45) is 7.05 Å². The maximum absolute atomic E-state index is 12.8. The molecular weight excluding hydrogens is 414 g/mol. The molecule has 0 radical (unpaired) electrons. The van der Waals surface area contributed by atoms with Crippen LogP contribution in [0.4, 0.5) is 5.69 Å². The van der Waals surface area contributed by atoms with Crippen molar-refractivity contribution in [3.63, 3.8) is 0 Å². The van der Waals surface area contributed by atoms with Gasteiger partial charge in [-0.15, -0.1) is 0 Å². The minimum Gasteiger partial charge on any atom is -0.461 e. The Bertz CT molecular complexity index is 1110. The highest BCUT2D eigenvalue weighted by atomic mass is 16.5. The monoisotopic (exact) mass is 447 g/mol. The maximum Gasteiger partial charge on any atom is 0.355 e. The molecule has 6 nitrogen and oxygen atoms in total. The van der Waals surface area contributed by atoms with Gasteiger partial charge in [-0.1, -0.05) is 69.7 Å². The predicted molar refractivity (Wildman–Crippen MR) is 133 cm³/mol. The summed E-state index contributed by atoms with van der Waals surface area (Å²) in [6.45, 7) is 7.92. The lowest BCUT2D eigenvalue weighted by molar-refractivity contribution is 0.0516. The molecule has 3 rings (SSSR count). The lowest BCUT2D eigenvalue weighted by atomic mass is 9.96. The van der Waals surface area contributed by atoms with Crippen LogP contribution in [-0.2, 0) is 18.2 Å². The molecule has 2 aromatic carbocycles. The second-order valence-corrected chi connectivity index (χ2v) is 7.14. The molecule has 6 heteroatoms. The number of carbonyl (C=O) groups is 1. The number of carbonyl (C=O) groups excluding carboxylic acids is 1. The van der Waals surface area contributed by atoms with Gasteiger partial charge in [0.15, 0.2) is 0 Å². The van der Waals surface area contributed by atoms with Gasteiger partial charge in [0, 0.05) is 29.6 Å². The second-order valence-electron chi connectivity index (χ2n) is 7.14. The molecule has 0 spiro atoms. The Morgan fingerprint density at radius 1 is 1.09 bits per heavy atom. The zero-order valence-corrected chi connectivity index (χ0v) is 20.1. The van der Waals surface area contributed by atoms with Crippen molar-refractivity contribution in [3.8, 4) is 28.3 Å². The highest BCUT2D eigenvalue weighted by Crippen LogP contribution is 2.35. The molecule has 0 aliphatic rings. The first-order chi connectivity index (χ1) is 16.1. The number of hydrogen-bond acceptors (Lipinski definition) is 5. The number of aliphatic hydroxyl groups is 1. The van der Waals surface area contributed by atoms with Gasteiger partial charge < -0.3 is 19.7 Å². The fraction of sp³-hybridized carbons (Fsp3) is 0.333. The normalized spacial score (nSPS) is 10.1. The lowest BCUT2D eigenvalue weighted by Crippen LogP contribution is -2.12. The van der Waals surface area contributed by atoms with Gasteiger partial charge in [0.1, 0.15) is 18.5 Å². The summed E-state index contributed by atoms with van der Waals surface area (Å²) in [6, 6.07) is 17.8. The minimum absolute atomic E-state index is 0.159. The molecule has 2 N–H and O–H groups in total. The molecule has 0 bridgehead atoms. The Balaban J connectivity index is 0.00000187. The van der Waals surface area contributed by atoms with E-state index in [-0.39, 0.29) is 13.3 Å². The number of nitrogens with one attached hydrogen (secondary N) is 1. The second kappa shape index (κ2) is 12.5. The third-order valence-electron chi connectivity index (χ3n) is 5.26. The molecule has 0 unspecified atom stereocenters. The Labute approximate surface area is 196 Å². The number of esters is 1. The summed E-state index contributed by atoms with van der Waals surface area (Å²) in [5.74, 6) is -0.430. The number of anilines is 1. The van der Waals surface area contributed by atoms with Crippen molar-refractivity contribution in [1.29, 1.82) is 5.26 Å². The first kappa shape index (κ1) is 25.7. The number of benzene rings is 2. The largest absolute Gasteiger partial charge is 0.461 e. The standard InChI is InChI=1S/C25H27N3O3.C2H6/c1-4-8-22-20(15-26)23(24(28(22)3)25(30)31-5-2)18-13-11-17(12-14-18)19-9-6-7-10-21(19)27-16-29;1-2/h6-7,9-14,27,29H,4-5,8,16H2,1-3H3;1-2H3. The molecule has 0 atom stereocenters. The first-order valence-electron chi connectivity index (χ1n) is 11.4. The third-order valence-corrected chi connectivity index (χ3v) is 5.26. The molecule has 0 amide bonds. The molecule has 0 saturated carbocycles. The van der Waals surface area contributed by atoms with E-state index in [4.69, 9.17) is 4.74 Å². The zero-order valence-electron chi connectivity index (χ0n) is 20.1. The molecule has 0 fully saturated rings. The zero-order chi connectivity index (χ0) is 24.4. The van der Waals surface area contributed by atoms with Gasteiger partial charge in [0.05, 0.1) is 12.2 Å². The van der Waals surface area contributed by atoms with Crippen molar-refractivity contribution in [2.75, 3.05) is 18.7 Å². The van der Waals surface area contributed by atoms with E-state index in [1.807, 2.05) is 76.3 Å². The average molecular weight is 448 g/mol. The van der Waals surface area contributed by atoms with E-state index in [0.717, 1.165) is 34.5 Å². The van der Waals surface area contributed by atoms with E-state index < -0.39 is 5.97 Å². The van der Waals surface area contributed by atoms with Crippen LogP contribution in [0.15, 0.2) is 48.5 Å². The van der Waals surface area contributed by atoms with Crippen LogP contribution in [0.5, 0.6) is 0 Å². The fourth-order valence-corrected chi connectivity index (χ4v) is 3.89. The molecule has 1 aromatic heterocycles. The molecule has 33 heavy (non-hydrogen) atoms. The number of rotatable bonds is 8. The van der Waals surface area contributed by atoms with E-state index in [1.54, 1.807) is 11.5 Å². The van der Waals surface area contributed by atoms with E-state index in [0.29, 0.717) is 23.2 Å². The number of ether oxygens (including phenoxy) is 1. The van der Waals surface area contributed by atoms with Gasteiger partial charge in [0.25, 0.3) is 0 Å². The van der Waals surface area contributed by atoms with Crippen molar-refractivity contribution >= 4 is 11.7 Å². The number of aliphatic hydroxyl groups excluding tert-OH is 1. The van der Waals surface area contributed by atoms with E-state index in [9.17, 15) is 15.2 Å². The lowest BCUT2D eigenvalue weighted by Gasteiger charge is -2.12. The molecule has 0 saturated heterocycles. The topological polar surface area (TPSA) is 87.3 Å². The van der Waals surface area contributed by atoms with E-state index in [1.165, 1.54) is 0 Å². The average Bonchev–Trinajstić information content (AvgIpc) is 3.13. The summed E-state index contributed by atoms with van der Waals surface area (Å²) in [4.78, 5) is 12.8. The Morgan fingerprint density at radius 3 is 2.30 bits per heavy atom. The number of hydrogen-bond donors (Lipinski definition) is 2. The van der Waals surface area contributed by atoms with E-state index in [2.05, 4.69) is 11.4 Å². The van der Waals surface area contributed by atoms with Crippen molar-refractivity contribution < 1.29 is 14.6 Å². The van der Waals surface area contributed by atoms with Crippen molar-refractivity contribution in [3.05, 3.63) is 65.5 Å². The van der Waals surface area contributed by atoms with Crippen molar-refractivity contribution in [1.82, 2.24) is 4.57 Å². The van der Waals surface area contributed by atoms with Gasteiger partial charge in [0.2, 0.25) is 0 Å². The van der Waals surface area contributed by atoms with Crippen LogP contribution < -0.4 is 5.32 Å². The molecule has 1 heterocycles. The smallest absolute Gasteiger partial charge is 0.355 e. The molecule has 3 aromatic rings. The summed E-state index contributed by atoms with van der Waals surface area (Å²) in [5.41, 5.74) is 5.89. The Kier molecular flexibility index (Phi) is 9.71. The summed E-state index contributed by atoms with van der Waals surface area (Å²) >= 11 is 0. The fourth-order valence-electron chi connectivity index (χ4n) is 3.89. The summed E-state index contributed by atoms with van der Waals surface area (Å²) in [7, 11) is 1.81. The minimum atomic E-state index is -0.430. The van der Waals surface area contributed by atoms with Gasteiger partial charge >= 0.3 is 5.97 Å². The van der Waals surface area contributed by atoms with Crippen LogP contribution in [0.2, 0.25) is 0 Å². The molecule has 0 aliphatic carbocycles. The third kappa shape index (κ3) is 5.44. The van der Waals surface area contributed by atoms with Gasteiger partial charge in [-0.05, 0) is 30.5 Å². The van der Waals surface area contributed by atoms with Crippen LogP contribution in [-0.4, -0.2) is 29.0 Å². The Hall–Kier alpha value is -3.56. The summed E-state index contributed by atoms with van der Waals surface area (Å²) in [6.07, 6.45) is 1.56. The van der Waals surface area contributed by atoms with Crippen LogP contribution in [0, 0.1) is 11.3 Å². The van der Waals surface area contributed by atoms with Crippen LogP contribution in [0.3, 0.4) is 0 Å². The van der Waals surface area contributed by atoms with Gasteiger partial charge in [-0.2, -0.15) is 5.26 Å². The Morgan fingerprint density at radius 2 is 1.73 bits per heavy atom. The van der Waals surface area contributed by atoms with Gasteiger partial charge in [-0.25, -0.2) is 4.79 Å². The SMILES string of the molecule is CC.CCCc1c(C#N)c(-c2ccc(-c3ccccc3NCO)cc2)c(C(=O)OCC)n1C. The summed E-state index contributed by atoms with van der Waals surface area (Å²) < 4.78 is 7.09. The quantitative estimate of drug-likeness (QED) is 0.339. The number of para-hydroxylation sites is 1. The molecular formula is C27H33N3O3. The summed E-state index contributed by atoms with van der Waals surface area (Å²) in [5, 5.41) is 22.1. The predicted octanol–water partition coefficient (Wildman–Crippen LogP) is 5.75. The molecule has 174 valence electrons. The van der Waals surface area contributed by atoms with Crippen molar-refractivity contribution in [2.45, 2.75) is 40.5 Å². The maximum atomic E-state index is 12.8. The van der Waals surface area contributed by atoms with Crippen LogP contribution in [0.25, 0.3) is 22.3 Å². The first-order valence-corrected chi connectivity index (χ1v) is 11.4. The van der Waals surface area contributed by atoms with Crippen LogP contribution in [0.1, 0.15) is 55.9 Å². The highest BCUT2D eigenvalue weighted by molar-refractivity contribution is 5.98.